The fraction of sp³-hybridized carbons (Fsp3) is 0.333. The van der Waals surface area contributed by atoms with E-state index in [1.165, 1.54) is 11.1 Å². The van der Waals surface area contributed by atoms with Crippen LogP contribution in [0.4, 0.5) is 0 Å². The molecule has 2 rings (SSSR count). The zero-order chi connectivity index (χ0) is 15.1. The van der Waals surface area contributed by atoms with Crippen molar-refractivity contribution in [1.82, 2.24) is 4.90 Å². The van der Waals surface area contributed by atoms with Gasteiger partial charge in [0.25, 0.3) is 0 Å². The molecule has 0 aliphatic heterocycles. The van der Waals surface area contributed by atoms with Crippen LogP contribution in [0.3, 0.4) is 0 Å². The predicted octanol–water partition coefficient (Wildman–Crippen LogP) is 1.86. The first-order chi connectivity index (χ1) is 10.2. The molecule has 2 aromatic rings. The van der Waals surface area contributed by atoms with Gasteiger partial charge in [-0.25, -0.2) is 0 Å². The van der Waals surface area contributed by atoms with Gasteiger partial charge in [-0.3, -0.25) is 0 Å². The van der Waals surface area contributed by atoms with E-state index in [4.69, 9.17) is 5.73 Å². The first-order valence-corrected chi connectivity index (χ1v) is 7.33. The first kappa shape index (κ1) is 15.7. The molecule has 3 heteroatoms. The molecular weight excluding hydrogens is 260 g/mol. The summed E-state index contributed by atoms with van der Waals surface area (Å²) in [5, 5.41) is 9.17. The molecule has 0 unspecified atom stereocenters. The van der Waals surface area contributed by atoms with Gasteiger partial charge in [-0.2, -0.15) is 0 Å². The molecule has 3 N–H and O–H groups in total. The molecule has 21 heavy (non-hydrogen) atoms. The normalized spacial score (nSPS) is 11.8. The van der Waals surface area contributed by atoms with Crippen molar-refractivity contribution in [3.63, 3.8) is 0 Å². The molecule has 2 aromatic carbocycles. The lowest BCUT2D eigenvalue weighted by molar-refractivity contribution is 0.200. The molecule has 0 aliphatic rings. The van der Waals surface area contributed by atoms with E-state index < -0.39 is 0 Å². The van der Waals surface area contributed by atoms with Gasteiger partial charge in [0.15, 0.2) is 0 Å². The van der Waals surface area contributed by atoms with Crippen molar-refractivity contribution >= 4 is 0 Å². The van der Waals surface area contributed by atoms with Gasteiger partial charge in [0.05, 0.1) is 6.61 Å². The number of nitrogens with two attached hydrogens (primary N) is 1. The summed E-state index contributed by atoms with van der Waals surface area (Å²) in [7, 11) is 2.02. The highest BCUT2D eigenvalue weighted by Gasteiger charge is 2.33. The highest BCUT2D eigenvalue weighted by atomic mass is 16.3. The van der Waals surface area contributed by atoms with Crippen LogP contribution >= 0.6 is 0 Å². The van der Waals surface area contributed by atoms with E-state index in [9.17, 15) is 5.11 Å². The quantitative estimate of drug-likeness (QED) is 0.816. The Morgan fingerprint density at radius 2 is 1.43 bits per heavy atom. The van der Waals surface area contributed by atoms with Crippen LogP contribution in [0.1, 0.15) is 11.1 Å². The van der Waals surface area contributed by atoms with E-state index in [2.05, 4.69) is 53.4 Å². The predicted molar refractivity (Wildman–Crippen MR) is 87.3 cm³/mol. The maximum atomic E-state index is 9.17. The Morgan fingerprint density at radius 1 is 0.952 bits per heavy atom. The Balaban J connectivity index is 2.46. The largest absolute Gasteiger partial charge is 0.395 e. The van der Waals surface area contributed by atoms with E-state index in [0.29, 0.717) is 13.1 Å². The molecule has 0 amide bonds. The maximum Gasteiger partial charge on any atom is 0.0558 e. The average Bonchev–Trinajstić information content (AvgIpc) is 2.54. The summed E-state index contributed by atoms with van der Waals surface area (Å²) in [6, 6.07) is 20.8. The molecule has 0 saturated heterocycles. The number of rotatable bonds is 7. The third-order valence-corrected chi connectivity index (χ3v) is 4.02. The van der Waals surface area contributed by atoms with Crippen LogP contribution < -0.4 is 5.73 Å². The summed E-state index contributed by atoms with van der Waals surface area (Å²) < 4.78 is 0. The molecular formula is C18H24N2O. The van der Waals surface area contributed by atoms with Crippen LogP contribution in [-0.2, 0) is 5.41 Å². The van der Waals surface area contributed by atoms with Crippen molar-refractivity contribution < 1.29 is 5.11 Å². The minimum atomic E-state index is -0.258. The summed E-state index contributed by atoms with van der Waals surface area (Å²) in [6.07, 6.45) is 0. The lowest BCUT2D eigenvalue weighted by Crippen LogP contribution is -2.46. The van der Waals surface area contributed by atoms with E-state index >= 15 is 0 Å². The SMILES string of the molecule is CN(CCO)CC(CN)(c1ccccc1)c1ccccc1. The second-order valence-electron chi connectivity index (χ2n) is 5.48. The summed E-state index contributed by atoms with van der Waals surface area (Å²) in [5.74, 6) is 0. The summed E-state index contributed by atoms with van der Waals surface area (Å²) in [6.45, 7) is 2.09. The summed E-state index contributed by atoms with van der Waals surface area (Å²) in [4.78, 5) is 2.13. The fourth-order valence-corrected chi connectivity index (χ4v) is 2.87. The number of hydrogen-bond donors (Lipinski definition) is 2. The van der Waals surface area contributed by atoms with E-state index in [1.54, 1.807) is 0 Å². The minimum Gasteiger partial charge on any atom is -0.395 e. The van der Waals surface area contributed by atoms with Gasteiger partial charge in [0.2, 0.25) is 0 Å². The average molecular weight is 284 g/mol. The van der Waals surface area contributed by atoms with Crippen LogP contribution in [-0.4, -0.2) is 43.3 Å². The Labute approximate surface area is 127 Å². The first-order valence-electron chi connectivity index (χ1n) is 7.33. The van der Waals surface area contributed by atoms with Crippen molar-refractivity contribution in [2.45, 2.75) is 5.41 Å². The molecule has 0 bridgehead atoms. The highest BCUT2D eigenvalue weighted by Crippen LogP contribution is 2.32. The third-order valence-electron chi connectivity index (χ3n) is 4.02. The minimum absolute atomic E-state index is 0.154. The van der Waals surface area contributed by atoms with Crippen LogP contribution in [0.25, 0.3) is 0 Å². The standard InChI is InChI=1S/C18H24N2O/c1-20(12-13-21)15-18(14-19,16-8-4-2-5-9-16)17-10-6-3-7-11-17/h2-11,21H,12-15,19H2,1H3. The Kier molecular flexibility index (Phi) is 5.51. The van der Waals surface area contributed by atoms with Gasteiger partial charge in [-0.1, -0.05) is 60.7 Å². The van der Waals surface area contributed by atoms with Crippen molar-refractivity contribution in [1.29, 1.82) is 0 Å². The number of aliphatic hydroxyl groups is 1. The second-order valence-corrected chi connectivity index (χ2v) is 5.48. The topological polar surface area (TPSA) is 49.5 Å². The monoisotopic (exact) mass is 284 g/mol. The lowest BCUT2D eigenvalue weighted by Gasteiger charge is -2.37. The van der Waals surface area contributed by atoms with Crippen molar-refractivity contribution in [2.75, 3.05) is 33.3 Å². The molecule has 0 fully saturated rings. The van der Waals surface area contributed by atoms with Crippen LogP contribution in [0.15, 0.2) is 60.7 Å². The Bertz CT molecular complexity index is 488. The molecule has 0 atom stereocenters. The van der Waals surface area contributed by atoms with Crippen molar-refractivity contribution in [2.24, 2.45) is 5.73 Å². The van der Waals surface area contributed by atoms with Gasteiger partial charge in [0.1, 0.15) is 0 Å². The summed E-state index contributed by atoms with van der Waals surface area (Å²) >= 11 is 0. The van der Waals surface area contributed by atoms with Crippen molar-refractivity contribution in [3.8, 4) is 0 Å². The van der Waals surface area contributed by atoms with Gasteiger partial charge in [-0.05, 0) is 18.2 Å². The van der Waals surface area contributed by atoms with Crippen molar-refractivity contribution in [3.05, 3.63) is 71.8 Å². The molecule has 3 nitrogen and oxygen atoms in total. The zero-order valence-corrected chi connectivity index (χ0v) is 12.6. The molecule has 0 radical (unpaired) electrons. The number of aliphatic hydroxyl groups excluding tert-OH is 1. The number of benzene rings is 2. The Morgan fingerprint density at radius 3 is 1.81 bits per heavy atom. The fourth-order valence-electron chi connectivity index (χ4n) is 2.87. The number of nitrogens with zero attached hydrogens (tertiary/aromatic N) is 1. The third kappa shape index (κ3) is 3.50. The molecule has 0 saturated carbocycles. The van der Waals surface area contributed by atoms with E-state index in [-0.39, 0.29) is 12.0 Å². The molecule has 112 valence electrons. The van der Waals surface area contributed by atoms with Gasteiger partial charge in [-0.15, -0.1) is 0 Å². The van der Waals surface area contributed by atoms with E-state index in [1.807, 2.05) is 19.2 Å². The lowest BCUT2D eigenvalue weighted by atomic mass is 9.74. The number of likely N-dealkylation sites (N-methyl/N-ethyl adjacent to an activating group) is 1. The van der Waals surface area contributed by atoms with E-state index in [0.717, 1.165) is 6.54 Å². The molecule has 0 aromatic heterocycles. The van der Waals surface area contributed by atoms with Crippen LogP contribution in [0.2, 0.25) is 0 Å². The highest BCUT2D eigenvalue weighted by molar-refractivity contribution is 5.40. The Hall–Kier alpha value is -1.68. The summed E-state index contributed by atoms with van der Waals surface area (Å²) in [5.41, 5.74) is 8.39. The van der Waals surface area contributed by atoms with Gasteiger partial charge >= 0.3 is 0 Å². The maximum absolute atomic E-state index is 9.17. The molecule has 0 heterocycles. The smallest absolute Gasteiger partial charge is 0.0558 e. The van der Waals surface area contributed by atoms with Gasteiger partial charge < -0.3 is 15.7 Å². The molecule has 0 spiro atoms. The zero-order valence-electron chi connectivity index (χ0n) is 12.6. The van der Waals surface area contributed by atoms with Crippen LogP contribution in [0.5, 0.6) is 0 Å². The number of hydrogen-bond acceptors (Lipinski definition) is 3. The van der Waals surface area contributed by atoms with Gasteiger partial charge in [0, 0.05) is 25.0 Å². The van der Waals surface area contributed by atoms with Crippen LogP contribution in [0, 0.1) is 0 Å². The molecule has 0 aliphatic carbocycles. The second kappa shape index (κ2) is 7.36.